The summed E-state index contributed by atoms with van der Waals surface area (Å²) in [4.78, 5) is 53.5. The molecule has 4 rings (SSSR count). The van der Waals surface area contributed by atoms with Gasteiger partial charge in [-0.2, -0.15) is 0 Å². The summed E-state index contributed by atoms with van der Waals surface area (Å²) in [6.45, 7) is 0. The number of carboxylic acids is 1. The number of thiazole rings is 1. The number of carbonyl (C=O) groups is 4. The van der Waals surface area contributed by atoms with E-state index in [1.165, 1.54) is 38.5 Å². The van der Waals surface area contributed by atoms with Gasteiger partial charge >= 0.3 is 5.97 Å². The number of hydrogen-bond donors (Lipinski definition) is 3. The van der Waals surface area contributed by atoms with Gasteiger partial charge in [0.05, 0.1) is 11.3 Å². The Morgan fingerprint density at radius 1 is 1.44 bits per heavy atom. The van der Waals surface area contributed by atoms with E-state index in [1.54, 1.807) is 7.05 Å². The average molecular weight is 543 g/mol. The van der Waals surface area contributed by atoms with Gasteiger partial charge in [0.2, 0.25) is 11.6 Å². The molecular weight excluding hydrogens is 528 g/mol. The fourth-order valence-corrected chi connectivity index (χ4v) is 6.46. The van der Waals surface area contributed by atoms with Gasteiger partial charge in [-0.1, -0.05) is 23.4 Å². The molecule has 1 unspecified atom stereocenters. The molecule has 0 saturated carbocycles. The zero-order valence-corrected chi connectivity index (χ0v) is 20.4. The number of anilines is 1. The van der Waals surface area contributed by atoms with Crippen molar-refractivity contribution in [2.24, 2.45) is 7.05 Å². The summed E-state index contributed by atoms with van der Waals surface area (Å²) in [6.07, 6.45) is 0.457. The largest absolute Gasteiger partial charge is 0.477 e. The van der Waals surface area contributed by atoms with E-state index in [0.29, 0.717) is 22.9 Å². The molecule has 0 aliphatic carbocycles. The number of carboxylic acid groups (broad SMARTS) is 1. The number of nitrogens with zero attached hydrogens (tertiary/aromatic N) is 6. The molecule has 2 aliphatic rings. The minimum absolute atomic E-state index is 0.00676. The summed E-state index contributed by atoms with van der Waals surface area (Å²) in [7, 11) is 1.67. The Morgan fingerprint density at radius 3 is 2.88 bits per heavy atom. The second kappa shape index (κ2) is 10.1. The van der Waals surface area contributed by atoms with Crippen molar-refractivity contribution in [1.29, 1.82) is 0 Å². The topological polar surface area (TPSA) is 172 Å². The van der Waals surface area contributed by atoms with Crippen LogP contribution in [-0.4, -0.2) is 82.3 Å². The number of aromatic nitrogens is 5. The van der Waals surface area contributed by atoms with E-state index in [0.717, 1.165) is 16.9 Å². The van der Waals surface area contributed by atoms with E-state index in [-0.39, 0.29) is 27.8 Å². The highest BCUT2D eigenvalue weighted by atomic mass is 35.5. The monoisotopic (exact) mass is 542 g/mol. The third-order valence-electron chi connectivity index (χ3n) is 4.81. The first-order valence-electron chi connectivity index (χ1n) is 9.38. The molecule has 0 radical (unpaired) electrons. The molecule has 1 fully saturated rings. The highest BCUT2D eigenvalue weighted by Crippen LogP contribution is 2.41. The van der Waals surface area contributed by atoms with E-state index in [1.807, 2.05) is 0 Å². The van der Waals surface area contributed by atoms with Crippen LogP contribution in [0.25, 0.3) is 5.57 Å². The summed E-state index contributed by atoms with van der Waals surface area (Å²) in [5.41, 5.74) is 1.72. The van der Waals surface area contributed by atoms with E-state index in [4.69, 9.17) is 11.6 Å². The Kier molecular flexibility index (Phi) is 7.20. The van der Waals surface area contributed by atoms with Gasteiger partial charge in [0.15, 0.2) is 5.13 Å². The van der Waals surface area contributed by atoms with Gasteiger partial charge in [0, 0.05) is 29.5 Å². The number of amides is 3. The maximum Gasteiger partial charge on any atom is 0.352 e. The van der Waals surface area contributed by atoms with E-state index in [2.05, 4.69) is 31.1 Å². The van der Waals surface area contributed by atoms with Crippen molar-refractivity contribution in [3.8, 4) is 0 Å². The number of halogens is 1. The van der Waals surface area contributed by atoms with Crippen LogP contribution in [0.5, 0.6) is 0 Å². The summed E-state index contributed by atoms with van der Waals surface area (Å²) < 4.78 is 1.47. The quantitative estimate of drug-likeness (QED) is 0.173. The van der Waals surface area contributed by atoms with Crippen LogP contribution in [0, 0.1) is 0 Å². The Morgan fingerprint density at radius 2 is 2.24 bits per heavy atom. The summed E-state index contributed by atoms with van der Waals surface area (Å²) in [5.74, 6) is -1.77. The van der Waals surface area contributed by atoms with Gasteiger partial charge in [-0.3, -0.25) is 19.3 Å². The highest BCUT2D eigenvalue weighted by Gasteiger charge is 2.54. The smallest absolute Gasteiger partial charge is 0.352 e. The number of β-lactam (4-membered cyclic amide) rings is 1. The van der Waals surface area contributed by atoms with Crippen LogP contribution in [0.4, 0.5) is 5.13 Å². The number of nitrogens with one attached hydrogen (secondary N) is 2. The zero-order chi connectivity index (χ0) is 24.4. The van der Waals surface area contributed by atoms with Crippen LogP contribution in [0.2, 0.25) is 0 Å². The van der Waals surface area contributed by atoms with Gasteiger partial charge in [0.1, 0.15) is 17.1 Å². The normalized spacial score (nSPS) is 20.0. The van der Waals surface area contributed by atoms with Crippen LogP contribution in [0.1, 0.15) is 5.69 Å². The molecule has 2 atom stereocenters. The van der Waals surface area contributed by atoms with Crippen molar-refractivity contribution in [2.75, 3.05) is 16.8 Å². The first kappa shape index (κ1) is 24.2. The first-order valence-corrected chi connectivity index (χ1v) is 12.7. The molecule has 0 bridgehead atoms. The summed E-state index contributed by atoms with van der Waals surface area (Å²) >= 11 is 9.53. The lowest BCUT2D eigenvalue weighted by atomic mass is 10.0. The average Bonchev–Trinajstić information content (AvgIpc) is 3.44. The molecule has 2 aliphatic heterocycles. The minimum atomic E-state index is -1.23. The van der Waals surface area contributed by atoms with Gasteiger partial charge in [0.25, 0.3) is 11.8 Å². The fraction of sp³-hybridized carbons (Fsp3) is 0.294. The lowest BCUT2D eigenvalue weighted by Crippen LogP contribution is -2.70. The van der Waals surface area contributed by atoms with Crippen molar-refractivity contribution in [2.45, 2.75) is 16.6 Å². The van der Waals surface area contributed by atoms with Gasteiger partial charge in [-0.05, 0) is 16.0 Å². The Hall–Kier alpha value is -2.95. The lowest BCUT2D eigenvalue weighted by Gasteiger charge is -2.49. The van der Waals surface area contributed by atoms with Crippen molar-refractivity contribution in [3.63, 3.8) is 0 Å². The molecule has 2 aromatic heterocycles. The number of aryl methyl sites for hydroxylation is 1. The second-order valence-corrected chi connectivity index (χ2v) is 9.94. The molecule has 34 heavy (non-hydrogen) atoms. The number of tetrazole rings is 1. The predicted octanol–water partition coefficient (Wildman–Crippen LogP) is 0.345. The number of fused-ring (bicyclic) bond motifs is 1. The van der Waals surface area contributed by atoms with Crippen LogP contribution < -0.4 is 10.6 Å². The minimum Gasteiger partial charge on any atom is -0.477 e. The lowest BCUT2D eigenvalue weighted by molar-refractivity contribution is -0.150. The molecule has 0 aromatic carbocycles. The van der Waals surface area contributed by atoms with E-state index < -0.39 is 29.2 Å². The molecular formula is C17H15ClN8O5S3. The molecule has 178 valence electrons. The molecule has 0 spiro atoms. The standard InChI is InChI=1S/C17H15ClN8O5S3/c1-25-17(22-23-24-25)34-4-7-3-32-14-10(13(29)26(14)11(7)15(30)31)21-12(28)8(2-18)9-5-33-16(20-9)19-6-27/h2,5-6,10,14H,3-4H2,1H3,(H,21,28)(H,30,31)(H,19,20,27)/t10?,14-/m0/s1. The van der Waals surface area contributed by atoms with Crippen molar-refractivity contribution in [3.05, 3.63) is 27.9 Å². The van der Waals surface area contributed by atoms with E-state index >= 15 is 0 Å². The van der Waals surface area contributed by atoms with Crippen molar-refractivity contribution >= 4 is 81.4 Å². The number of rotatable bonds is 9. The number of thioether (sulfide) groups is 2. The molecule has 17 heteroatoms. The predicted molar refractivity (Wildman–Crippen MR) is 125 cm³/mol. The first-order chi connectivity index (χ1) is 16.3. The van der Waals surface area contributed by atoms with Crippen molar-refractivity contribution < 1.29 is 24.3 Å². The van der Waals surface area contributed by atoms with Crippen LogP contribution in [-0.2, 0) is 26.2 Å². The third-order valence-corrected chi connectivity index (χ3v) is 8.24. The molecule has 3 amide bonds. The number of aliphatic carboxylic acids is 1. The van der Waals surface area contributed by atoms with Crippen LogP contribution >= 0.6 is 46.5 Å². The maximum absolute atomic E-state index is 12.9. The molecule has 2 aromatic rings. The zero-order valence-electron chi connectivity index (χ0n) is 17.2. The maximum atomic E-state index is 12.9. The van der Waals surface area contributed by atoms with Crippen LogP contribution in [0.3, 0.4) is 0 Å². The molecule has 4 heterocycles. The SMILES string of the molecule is Cn1nnnc1SCC1=C(C(=O)O)N2C(=O)C(NC(=O)C(=CCl)c3csc(NC=O)n3)[C@@H]2SC1. The summed E-state index contributed by atoms with van der Waals surface area (Å²) in [5, 5.41) is 27.7. The molecule has 13 nitrogen and oxygen atoms in total. The fourth-order valence-electron chi connectivity index (χ4n) is 3.24. The van der Waals surface area contributed by atoms with Crippen molar-refractivity contribution in [1.82, 2.24) is 35.4 Å². The Balaban J connectivity index is 1.47. The Labute approximate surface area is 209 Å². The van der Waals surface area contributed by atoms with Gasteiger partial charge in [-0.15, -0.1) is 28.2 Å². The third kappa shape index (κ3) is 4.53. The molecule has 3 N–H and O–H groups in total. The summed E-state index contributed by atoms with van der Waals surface area (Å²) in [6, 6.07) is -0.929. The van der Waals surface area contributed by atoms with Gasteiger partial charge in [-0.25, -0.2) is 14.5 Å². The number of hydrogen-bond acceptors (Lipinski definition) is 11. The Bertz CT molecular complexity index is 1230. The second-order valence-electron chi connectivity index (χ2n) is 6.81. The van der Waals surface area contributed by atoms with Gasteiger partial charge < -0.3 is 15.7 Å². The molecule has 1 saturated heterocycles. The van der Waals surface area contributed by atoms with Crippen LogP contribution in [0.15, 0.2) is 27.3 Å². The number of carbonyl (C=O) groups excluding carboxylic acids is 3. The van der Waals surface area contributed by atoms with E-state index in [9.17, 15) is 24.3 Å². The highest BCUT2D eigenvalue weighted by molar-refractivity contribution is 8.01.